The lowest BCUT2D eigenvalue weighted by atomic mass is 9.74. The van der Waals surface area contributed by atoms with Gasteiger partial charge < -0.3 is 4.90 Å². The Bertz CT molecular complexity index is 730. The summed E-state index contributed by atoms with van der Waals surface area (Å²) in [6.07, 6.45) is 6.03. The van der Waals surface area contributed by atoms with E-state index in [4.69, 9.17) is 0 Å². The van der Waals surface area contributed by atoms with Crippen LogP contribution in [0.15, 0.2) is 24.3 Å². The van der Waals surface area contributed by atoms with Crippen LogP contribution < -0.4 is 0 Å². The van der Waals surface area contributed by atoms with Crippen LogP contribution in [0, 0.1) is 0 Å². The Kier molecular flexibility index (Phi) is 3.52. The molecule has 1 aromatic carbocycles. The van der Waals surface area contributed by atoms with Crippen molar-refractivity contribution in [3.8, 4) is 0 Å². The van der Waals surface area contributed by atoms with Crippen molar-refractivity contribution < 1.29 is 13.2 Å². The van der Waals surface area contributed by atoms with Crippen molar-refractivity contribution in [2.45, 2.75) is 55.7 Å². The summed E-state index contributed by atoms with van der Waals surface area (Å²) in [5, 5.41) is -0.260. The average Bonchev–Trinajstić information content (AvgIpc) is 3.30. The van der Waals surface area contributed by atoms with E-state index in [2.05, 4.69) is 18.2 Å². The van der Waals surface area contributed by atoms with Crippen molar-refractivity contribution in [3.05, 3.63) is 35.4 Å². The summed E-state index contributed by atoms with van der Waals surface area (Å²) in [5.41, 5.74) is 2.62. The van der Waals surface area contributed by atoms with Gasteiger partial charge in [0.15, 0.2) is 9.84 Å². The lowest BCUT2D eigenvalue weighted by molar-refractivity contribution is -0.130. The first-order valence-electron chi connectivity index (χ1n) is 8.58. The molecule has 2 fully saturated rings. The van der Waals surface area contributed by atoms with Gasteiger partial charge >= 0.3 is 0 Å². The number of hydrogen-bond donors (Lipinski definition) is 0. The third kappa shape index (κ3) is 2.69. The second kappa shape index (κ2) is 5.33. The van der Waals surface area contributed by atoms with E-state index >= 15 is 0 Å². The predicted octanol–water partition coefficient (Wildman–Crippen LogP) is 2.42. The van der Waals surface area contributed by atoms with Gasteiger partial charge in [0.05, 0.1) is 5.25 Å². The van der Waals surface area contributed by atoms with E-state index in [1.165, 1.54) is 24.0 Å². The molecule has 2 aliphatic carbocycles. The van der Waals surface area contributed by atoms with Crippen molar-refractivity contribution in [1.82, 2.24) is 4.90 Å². The van der Waals surface area contributed by atoms with Crippen molar-refractivity contribution in [2.75, 3.05) is 12.3 Å². The van der Waals surface area contributed by atoms with Crippen LogP contribution in [0.2, 0.25) is 0 Å². The number of amides is 1. The largest absolute Gasteiger partial charge is 0.337 e. The van der Waals surface area contributed by atoms with E-state index in [0.717, 1.165) is 25.7 Å². The number of carbonyl (C=O) groups excluding carboxylic acids is 1. The molecule has 1 aliphatic heterocycles. The number of hydrogen-bond acceptors (Lipinski definition) is 3. The Morgan fingerprint density at radius 3 is 2.57 bits per heavy atom. The fraction of sp³-hybridized carbons (Fsp3) is 0.611. The zero-order valence-corrected chi connectivity index (χ0v) is 14.1. The second-order valence-corrected chi connectivity index (χ2v) is 9.68. The number of carbonyl (C=O) groups is 1. The first-order chi connectivity index (χ1) is 11.0. The third-order valence-electron chi connectivity index (χ3n) is 5.71. The minimum atomic E-state index is -3.24. The quantitative estimate of drug-likeness (QED) is 0.853. The van der Waals surface area contributed by atoms with Gasteiger partial charge in [-0.2, -0.15) is 0 Å². The molecule has 4 nitrogen and oxygen atoms in total. The summed E-state index contributed by atoms with van der Waals surface area (Å²) in [7, 11) is -3.24. The standard InChI is InChI=1S/C18H23NO3S/c20-17(12-23(21,22)15-7-8-15)19-11-14-5-1-2-6-16(14)18(13-19)9-3-4-10-18/h1-2,5-6,15H,3-4,7-13H2. The van der Waals surface area contributed by atoms with Crippen molar-refractivity contribution in [3.63, 3.8) is 0 Å². The lowest BCUT2D eigenvalue weighted by Gasteiger charge is -2.42. The van der Waals surface area contributed by atoms with Crippen molar-refractivity contribution in [2.24, 2.45) is 0 Å². The summed E-state index contributed by atoms with van der Waals surface area (Å²) in [5.74, 6) is -0.520. The first kappa shape index (κ1) is 15.2. The lowest BCUT2D eigenvalue weighted by Crippen LogP contribution is -2.48. The van der Waals surface area contributed by atoms with Crippen molar-refractivity contribution in [1.29, 1.82) is 0 Å². The van der Waals surface area contributed by atoms with Crippen LogP contribution in [0.3, 0.4) is 0 Å². The molecule has 4 rings (SSSR count). The molecular formula is C18H23NO3S. The minimum absolute atomic E-state index is 0.0495. The second-order valence-electron chi connectivity index (χ2n) is 7.40. The molecule has 0 saturated heterocycles. The highest BCUT2D eigenvalue weighted by Gasteiger charge is 2.44. The summed E-state index contributed by atoms with van der Waals surface area (Å²) < 4.78 is 24.3. The van der Waals surface area contributed by atoms with Gasteiger partial charge in [0, 0.05) is 18.5 Å². The highest BCUT2D eigenvalue weighted by molar-refractivity contribution is 7.93. The third-order valence-corrected chi connectivity index (χ3v) is 7.85. The molecule has 3 aliphatic rings. The number of benzene rings is 1. The molecule has 0 unspecified atom stereocenters. The SMILES string of the molecule is O=C(CS(=O)(=O)C1CC1)N1Cc2ccccc2C2(CCCC2)C1. The Morgan fingerprint density at radius 1 is 1.17 bits per heavy atom. The summed E-state index contributed by atoms with van der Waals surface area (Å²) in [4.78, 5) is 14.4. The van der Waals surface area contributed by atoms with Gasteiger partial charge in [-0.15, -0.1) is 0 Å². The molecule has 1 heterocycles. The van der Waals surface area contributed by atoms with Crippen LogP contribution in [-0.2, 0) is 26.6 Å². The van der Waals surface area contributed by atoms with E-state index in [1.807, 2.05) is 6.07 Å². The van der Waals surface area contributed by atoms with Crippen LogP contribution in [0.5, 0.6) is 0 Å². The van der Waals surface area contributed by atoms with E-state index in [9.17, 15) is 13.2 Å². The Hall–Kier alpha value is -1.36. The minimum Gasteiger partial charge on any atom is -0.337 e. The molecule has 0 N–H and O–H groups in total. The molecule has 1 aromatic rings. The summed E-state index contributed by atoms with van der Waals surface area (Å²) in [6.45, 7) is 1.24. The van der Waals surface area contributed by atoms with Crippen LogP contribution in [-0.4, -0.2) is 36.8 Å². The van der Waals surface area contributed by atoms with Crippen LogP contribution in [0.4, 0.5) is 0 Å². The van der Waals surface area contributed by atoms with E-state index in [0.29, 0.717) is 13.1 Å². The van der Waals surface area contributed by atoms with Gasteiger partial charge in [-0.25, -0.2) is 8.42 Å². The smallest absolute Gasteiger partial charge is 0.238 e. The molecule has 0 aromatic heterocycles. The Balaban J connectivity index is 1.60. The van der Waals surface area contributed by atoms with Gasteiger partial charge in [0.1, 0.15) is 5.75 Å². The molecule has 23 heavy (non-hydrogen) atoms. The molecule has 0 atom stereocenters. The molecule has 5 heteroatoms. The van der Waals surface area contributed by atoms with Crippen molar-refractivity contribution >= 4 is 15.7 Å². The molecule has 0 radical (unpaired) electrons. The fourth-order valence-electron chi connectivity index (χ4n) is 4.35. The Morgan fingerprint density at radius 2 is 1.87 bits per heavy atom. The molecule has 0 bridgehead atoms. The number of sulfone groups is 1. The monoisotopic (exact) mass is 333 g/mol. The normalized spacial score (nSPS) is 23.0. The van der Waals surface area contributed by atoms with Crippen LogP contribution in [0.1, 0.15) is 49.7 Å². The maximum atomic E-state index is 12.6. The molecular weight excluding hydrogens is 310 g/mol. The zero-order chi connectivity index (χ0) is 16.1. The molecule has 2 saturated carbocycles. The number of fused-ring (bicyclic) bond motifs is 2. The predicted molar refractivity (Wildman–Crippen MR) is 88.8 cm³/mol. The topological polar surface area (TPSA) is 54.5 Å². The maximum absolute atomic E-state index is 12.6. The van der Waals surface area contributed by atoms with Crippen LogP contribution >= 0.6 is 0 Å². The van der Waals surface area contributed by atoms with E-state index < -0.39 is 9.84 Å². The molecule has 1 spiro atoms. The highest BCUT2D eigenvalue weighted by Crippen LogP contribution is 2.46. The summed E-state index contributed by atoms with van der Waals surface area (Å²) >= 11 is 0. The fourth-order valence-corrected chi connectivity index (χ4v) is 5.97. The first-order valence-corrected chi connectivity index (χ1v) is 10.3. The molecule has 124 valence electrons. The van der Waals surface area contributed by atoms with Gasteiger partial charge in [0.2, 0.25) is 5.91 Å². The van der Waals surface area contributed by atoms with Gasteiger partial charge in [-0.05, 0) is 36.8 Å². The highest BCUT2D eigenvalue weighted by atomic mass is 32.2. The molecule has 1 amide bonds. The van der Waals surface area contributed by atoms with E-state index in [1.54, 1.807) is 4.90 Å². The van der Waals surface area contributed by atoms with E-state index in [-0.39, 0.29) is 22.3 Å². The van der Waals surface area contributed by atoms with Gasteiger partial charge in [-0.1, -0.05) is 37.1 Å². The number of nitrogens with zero attached hydrogens (tertiary/aromatic N) is 1. The average molecular weight is 333 g/mol. The van der Waals surface area contributed by atoms with Gasteiger partial charge in [0.25, 0.3) is 0 Å². The van der Waals surface area contributed by atoms with Crippen LogP contribution in [0.25, 0.3) is 0 Å². The van der Waals surface area contributed by atoms with Gasteiger partial charge in [-0.3, -0.25) is 4.79 Å². The maximum Gasteiger partial charge on any atom is 0.238 e. The Labute approximate surface area is 137 Å². The number of rotatable bonds is 3. The summed E-state index contributed by atoms with van der Waals surface area (Å²) in [6, 6.07) is 8.37. The zero-order valence-electron chi connectivity index (χ0n) is 13.3.